The Morgan fingerprint density at radius 3 is 2.37 bits per heavy atom. The molecule has 0 N–H and O–H groups in total. The number of ether oxygens (including phenoxy) is 1. The van der Waals surface area contributed by atoms with E-state index < -0.39 is 0 Å². The van der Waals surface area contributed by atoms with Gasteiger partial charge in [0.25, 0.3) is 11.8 Å². The van der Waals surface area contributed by atoms with Crippen LogP contribution in [-0.2, 0) is 18.4 Å². The topological polar surface area (TPSA) is 70.9 Å². The van der Waals surface area contributed by atoms with Crippen LogP contribution in [0.3, 0.4) is 0 Å². The van der Waals surface area contributed by atoms with E-state index in [9.17, 15) is 14.0 Å². The predicted octanol–water partition coefficient (Wildman–Crippen LogP) is 2.67. The molecule has 3 aromatic rings. The molecule has 0 aliphatic carbocycles. The smallest absolute Gasteiger partial charge is 0.260 e. The molecule has 2 saturated heterocycles. The van der Waals surface area contributed by atoms with Crippen LogP contribution >= 0.6 is 0 Å². The van der Waals surface area contributed by atoms with Crippen LogP contribution in [0.15, 0.2) is 42.5 Å². The first kappa shape index (κ1) is 23.3. The molecule has 2 amide bonds. The van der Waals surface area contributed by atoms with Crippen molar-refractivity contribution in [3.63, 3.8) is 0 Å². The molecule has 2 fully saturated rings. The van der Waals surface area contributed by atoms with E-state index >= 15 is 0 Å². The van der Waals surface area contributed by atoms with Gasteiger partial charge in [-0.25, -0.2) is 9.37 Å². The number of aromatic nitrogens is 2. The Morgan fingerprint density at radius 2 is 1.66 bits per heavy atom. The molecule has 2 aliphatic heterocycles. The van der Waals surface area contributed by atoms with Crippen molar-refractivity contribution in [1.82, 2.24) is 24.3 Å². The van der Waals surface area contributed by atoms with E-state index in [1.54, 1.807) is 4.90 Å². The molecule has 5 rings (SSSR count). The third kappa shape index (κ3) is 5.14. The average molecular weight is 480 g/mol. The van der Waals surface area contributed by atoms with Crippen LogP contribution in [0.5, 0.6) is 5.75 Å². The van der Waals surface area contributed by atoms with Gasteiger partial charge in [-0.2, -0.15) is 0 Å². The van der Waals surface area contributed by atoms with Gasteiger partial charge in [0.2, 0.25) is 0 Å². The number of rotatable bonds is 6. The number of aryl methyl sites for hydroxylation is 1. The summed E-state index contributed by atoms with van der Waals surface area (Å²) < 4.78 is 20.6. The monoisotopic (exact) mass is 479 g/mol. The number of carbonyl (C=O) groups excluding carboxylic acids is 2. The Bertz CT molecular complexity index is 1210. The van der Waals surface area contributed by atoms with E-state index in [0.717, 1.165) is 55.9 Å². The Morgan fingerprint density at radius 1 is 0.943 bits per heavy atom. The molecule has 9 heteroatoms. The van der Waals surface area contributed by atoms with Gasteiger partial charge in [0.05, 0.1) is 17.6 Å². The van der Waals surface area contributed by atoms with E-state index in [2.05, 4.69) is 9.47 Å². The number of likely N-dealkylation sites (tertiary alicyclic amines) is 1. The normalized spacial score (nSPS) is 16.7. The van der Waals surface area contributed by atoms with Crippen LogP contribution in [0.4, 0.5) is 4.39 Å². The summed E-state index contributed by atoms with van der Waals surface area (Å²) in [6, 6.07) is 11.4. The van der Waals surface area contributed by atoms with Crippen molar-refractivity contribution in [2.45, 2.75) is 19.4 Å². The molecule has 0 saturated carbocycles. The maximum absolute atomic E-state index is 13.0. The van der Waals surface area contributed by atoms with Gasteiger partial charge >= 0.3 is 0 Å². The van der Waals surface area contributed by atoms with Crippen LogP contribution in [-0.4, -0.2) is 81.9 Å². The summed E-state index contributed by atoms with van der Waals surface area (Å²) in [7, 11) is 2.00. The highest BCUT2D eigenvalue weighted by Crippen LogP contribution is 2.21. The molecule has 0 radical (unpaired) electrons. The van der Waals surface area contributed by atoms with Crippen LogP contribution in [0.1, 0.15) is 29.0 Å². The van der Waals surface area contributed by atoms with Crippen molar-refractivity contribution in [2.75, 3.05) is 45.9 Å². The lowest BCUT2D eigenvalue weighted by atomic mass is 10.2. The molecule has 0 atom stereocenters. The summed E-state index contributed by atoms with van der Waals surface area (Å²) in [6.45, 7) is 4.99. The number of hydrogen-bond donors (Lipinski definition) is 0. The minimum atomic E-state index is -0.337. The first-order valence-electron chi connectivity index (χ1n) is 12.1. The molecule has 0 bridgehead atoms. The number of fused-ring (bicyclic) bond motifs is 1. The van der Waals surface area contributed by atoms with Crippen LogP contribution in [0.2, 0.25) is 0 Å². The first-order valence-corrected chi connectivity index (χ1v) is 12.1. The number of nitrogens with zero attached hydrogens (tertiary/aromatic N) is 5. The third-order valence-electron chi connectivity index (χ3n) is 6.88. The molecule has 0 unspecified atom stereocenters. The molecular formula is C26H30FN5O3. The highest BCUT2D eigenvalue weighted by molar-refractivity contribution is 5.97. The van der Waals surface area contributed by atoms with E-state index in [1.807, 2.05) is 30.1 Å². The van der Waals surface area contributed by atoms with Gasteiger partial charge in [0, 0.05) is 51.9 Å². The summed E-state index contributed by atoms with van der Waals surface area (Å²) in [5, 5.41) is 0. The van der Waals surface area contributed by atoms with Gasteiger partial charge in [-0.1, -0.05) is 0 Å². The Hall–Kier alpha value is -3.46. The molecule has 1 aromatic heterocycles. The van der Waals surface area contributed by atoms with Crippen LogP contribution in [0.25, 0.3) is 11.0 Å². The van der Waals surface area contributed by atoms with Crippen molar-refractivity contribution in [1.29, 1.82) is 0 Å². The Balaban J connectivity index is 1.16. The molecule has 2 aliphatic rings. The van der Waals surface area contributed by atoms with Crippen molar-refractivity contribution in [3.8, 4) is 5.75 Å². The lowest BCUT2D eigenvalue weighted by molar-refractivity contribution is -0.135. The maximum Gasteiger partial charge on any atom is 0.260 e. The number of amides is 2. The van der Waals surface area contributed by atoms with Gasteiger partial charge in [-0.15, -0.1) is 0 Å². The van der Waals surface area contributed by atoms with Crippen molar-refractivity contribution in [3.05, 3.63) is 59.7 Å². The van der Waals surface area contributed by atoms with Gasteiger partial charge in [0.1, 0.15) is 17.4 Å². The second-order valence-electron chi connectivity index (χ2n) is 9.19. The number of halogens is 1. The van der Waals surface area contributed by atoms with E-state index in [0.29, 0.717) is 30.9 Å². The SMILES string of the molecule is Cn1c(CN2CCN(C(=O)COc3ccc(F)cc3)CC2)nc2cc(C(=O)N3CCCC3)ccc21. The summed E-state index contributed by atoms with van der Waals surface area (Å²) in [4.78, 5) is 36.1. The molecule has 0 spiro atoms. The lowest BCUT2D eigenvalue weighted by Crippen LogP contribution is -2.49. The Kier molecular flexibility index (Phi) is 6.68. The fourth-order valence-corrected chi connectivity index (χ4v) is 4.75. The highest BCUT2D eigenvalue weighted by atomic mass is 19.1. The predicted molar refractivity (Wildman–Crippen MR) is 130 cm³/mol. The largest absolute Gasteiger partial charge is 0.484 e. The summed E-state index contributed by atoms with van der Waals surface area (Å²) in [5.74, 6) is 1.08. The van der Waals surface area contributed by atoms with Gasteiger partial charge < -0.3 is 19.1 Å². The molecule has 8 nitrogen and oxygen atoms in total. The molecule has 2 aromatic carbocycles. The lowest BCUT2D eigenvalue weighted by Gasteiger charge is -2.34. The van der Waals surface area contributed by atoms with Crippen LogP contribution in [0, 0.1) is 5.82 Å². The number of piperazine rings is 1. The molecular weight excluding hydrogens is 449 g/mol. The van der Waals surface area contributed by atoms with Gasteiger partial charge in [-0.05, 0) is 55.3 Å². The van der Waals surface area contributed by atoms with Gasteiger partial charge in [0.15, 0.2) is 6.61 Å². The third-order valence-corrected chi connectivity index (χ3v) is 6.88. The minimum absolute atomic E-state index is 0.0606. The molecule has 3 heterocycles. The standard InChI is InChI=1S/C26H30FN5O3/c1-29-23-9-4-19(26(34)32-10-2-3-11-32)16-22(23)28-24(29)17-30-12-14-31(15-13-30)25(33)18-35-21-7-5-20(27)6-8-21/h4-9,16H,2-3,10-15,17-18H2,1H3. The number of carbonyl (C=O) groups is 2. The fraction of sp³-hybridized carbons (Fsp3) is 0.423. The quantitative estimate of drug-likeness (QED) is 0.544. The number of imidazole rings is 1. The minimum Gasteiger partial charge on any atom is -0.484 e. The molecule has 184 valence electrons. The fourth-order valence-electron chi connectivity index (χ4n) is 4.75. The van der Waals surface area contributed by atoms with Crippen molar-refractivity contribution in [2.24, 2.45) is 7.05 Å². The number of benzene rings is 2. The zero-order valence-corrected chi connectivity index (χ0v) is 20.0. The zero-order valence-electron chi connectivity index (χ0n) is 20.0. The van der Waals surface area contributed by atoms with Crippen LogP contribution < -0.4 is 4.74 Å². The summed E-state index contributed by atoms with van der Waals surface area (Å²) in [5.41, 5.74) is 2.53. The van der Waals surface area contributed by atoms with Crippen molar-refractivity contribution < 1.29 is 18.7 Å². The van der Waals surface area contributed by atoms with E-state index in [1.165, 1.54) is 24.3 Å². The van der Waals surface area contributed by atoms with Gasteiger partial charge in [-0.3, -0.25) is 14.5 Å². The summed E-state index contributed by atoms with van der Waals surface area (Å²) >= 11 is 0. The van der Waals surface area contributed by atoms with E-state index in [4.69, 9.17) is 9.72 Å². The second-order valence-corrected chi connectivity index (χ2v) is 9.19. The Labute approximate surface area is 203 Å². The zero-order chi connectivity index (χ0) is 24.4. The molecule has 35 heavy (non-hydrogen) atoms. The van der Waals surface area contributed by atoms with E-state index in [-0.39, 0.29) is 24.2 Å². The first-order chi connectivity index (χ1) is 17.0. The second kappa shape index (κ2) is 10.0. The van der Waals surface area contributed by atoms with Crippen molar-refractivity contribution >= 4 is 22.8 Å². The number of hydrogen-bond acceptors (Lipinski definition) is 5. The maximum atomic E-state index is 13.0. The average Bonchev–Trinajstić information content (AvgIpc) is 3.52. The highest BCUT2D eigenvalue weighted by Gasteiger charge is 2.24. The summed E-state index contributed by atoms with van der Waals surface area (Å²) in [6.07, 6.45) is 2.14.